The molecule has 0 radical (unpaired) electrons. The number of hydrogen-bond acceptors (Lipinski definition) is 3. The second-order valence-electron chi connectivity index (χ2n) is 1.53. The van der Waals surface area contributed by atoms with Gasteiger partial charge in [0.25, 0.3) is 0 Å². The molecule has 0 atom stereocenters. The highest BCUT2D eigenvalue weighted by Crippen LogP contribution is 2.34. The van der Waals surface area contributed by atoms with Gasteiger partial charge in [-0.15, -0.1) is 0 Å². The quantitative estimate of drug-likeness (QED) is 0.435. The van der Waals surface area contributed by atoms with Crippen molar-refractivity contribution in [3.63, 3.8) is 0 Å². The summed E-state index contributed by atoms with van der Waals surface area (Å²) in [6.07, 6.45) is -1.06. The molecule has 6 N–H and O–H groups in total. The Morgan fingerprint density at radius 2 is 1.80 bits per heavy atom. The standard InChI is InChI=1S/C3H7O5P.H3N/c4-3(5)1-2-9(6,7)8;/h1-2H2,(H,4,5)(H2,6,7,8);1H3. The summed E-state index contributed by atoms with van der Waals surface area (Å²) in [6.45, 7) is 0. The largest absolute Gasteiger partial charge is 0.481 e. The van der Waals surface area contributed by atoms with E-state index in [1.807, 2.05) is 0 Å². The predicted molar refractivity (Wildman–Crippen MR) is 34.2 cm³/mol. The lowest BCUT2D eigenvalue weighted by molar-refractivity contribution is -0.136. The highest BCUT2D eigenvalue weighted by molar-refractivity contribution is 7.51. The van der Waals surface area contributed by atoms with Crippen LogP contribution in [0.4, 0.5) is 0 Å². The van der Waals surface area contributed by atoms with Crippen molar-refractivity contribution in [1.82, 2.24) is 6.15 Å². The van der Waals surface area contributed by atoms with E-state index < -0.39 is 26.1 Å². The van der Waals surface area contributed by atoms with E-state index in [1.165, 1.54) is 0 Å². The molecule has 0 bridgehead atoms. The minimum atomic E-state index is -4.10. The Labute approximate surface area is 57.6 Å². The van der Waals surface area contributed by atoms with Crippen molar-refractivity contribution in [3.05, 3.63) is 0 Å². The van der Waals surface area contributed by atoms with Gasteiger partial charge in [-0.25, -0.2) is 0 Å². The van der Waals surface area contributed by atoms with Crippen molar-refractivity contribution >= 4 is 13.6 Å². The van der Waals surface area contributed by atoms with Gasteiger partial charge in [0.2, 0.25) is 0 Å². The van der Waals surface area contributed by atoms with Crippen LogP contribution in [-0.4, -0.2) is 27.0 Å². The number of carboxylic acid groups (broad SMARTS) is 1. The Bertz CT molecular complexity index is 151. The van der Waals surface area contributed by atoms with Gasteiger partial charge in [0.15, 0.2) is 0 Å². The Balaban J connectivity index is 0. The molecule has 0 aliphatic heterocycles. The molecule has 0 saturated heterocycles. The third-order valence-corrected chi connectivity index (χ3v) is 1.42. The lowest BCUT2D eigenvalue weighted by atomic mass is 10.5. The molecule has 0 aromatic carbocycles. The van der Waals surface area contributed by atoms with Crippen LogP contribution in [0.1, 0.15) is 6.42 Å². The van der Waals surface area contributed by atoms with Crippen LogP contribution in [0.15, 0.2) is 0 Å². The third kappa shape index (κ3) is 10.5. The molecule has 0 aliphatic carbocycles. The molecule has 0 aliphatic rings. The van der Waals surface area contributed by atoms with E-state index in [0.717, 1.165) is 0 Å². The zero-order chi connectivity index (χ0) is 7.49. The van der Waals surface area contributed by atoms with Gasteiger partial charge in [-0.3, -0.25) is 9.36 Å². The molecule has 6 nitrogen and oxygen atoms in total. The summed E-state index contributed by atoms with van der Waals surface area (Å²) in [6, 6.07) is 0. The van der Waals surface area contributed by atoms with Gasteiger partial charge < -0.3 is 21.0 Å². The molecule has 0 heterocycles. The molecule has 0 rings (SSSR count). The molecule has 7 heteroatoms. The first-order valence-electron chi connectivity index (χ1n) is 2.18. The fourth-order valence-corrected chi connectivity index (χ4v) is 0.724. The number of rotatable bonds is 3. The first kappa shape index (κ1) is 12.3. The minimum Gasteiger partial charge on any atom is -0.481 e. The highest BCUT2D eigenvalue weighted by atomic mass is 31.2. The smallest absolute Gasteiger partial charge is 0.326 e. The third-order valence-electron chi connectivity index (χ3n) is 0.617. The van der Waals surface area contributed by atoms with Crippen LogP contribution in [0, 0.1) is 0 Å². The lowest BCUT2D eigenvalue weighted by Gasteiger charge is -1.97. The Morgan fingerprint density at radius 1 is 1.40 bits per heavy atom. The maximum atomic E-state index is 9.97. The average molecular weight is 171 g/mol. The van der Waals surface area contributed by atoms with Crippen molar-refractivity contribution in [2.75, 3.05) is 6.16 Å². The van der Waals surface area contributed by atoms with Gasteiger partial charge in [0.05, 0.1) is 12.6 Å². The monoisotopic (exact) mass is 171 g/mol. The van der Waals surface area contributed by atoms with Gasteiger partial charge in [0.1, 0.15) is 0 Å². The van der Waals surface area contributed by atoms with Crippen LogP contribution in [0.2, 0.25) is 0 Å². The molecular weight excluding hydrogens is 161 g/mol. The lowest BCUT2D eigenvalue weighted by Crippen LogP contribution is -1.98. The number of carboxylic acids is 1. The first-order chi connectivity index (χ1) is 3.92. The van der Waals surface area contributed by atoms with E-state index >= 15 is 0 Å². The maximum absolute atomic E-state index is 9.97. The van der Waals surface area contributed by atoms with E-state index in [-0.39, 0.29) is 6.15 Å². The van der Waals surface area contributed by atoms with Crippen LogP contribution in [0.5, 0.6) is 0 Å². The molecule has 62 valence electrons. The van der Waals surface area contributed by atoms with Gasteiger partial charge in [0, 0.05) is 0 Å². The molecule has 0 saturated carbocycles. The summed E-state index contributed by atoms with van der Waals surface area (Å²) in [5.41, 5.74) is 0. The van der Waals surface area contributed by atoms with E-state index in [9.17, 15) is 9.36 Å². The van der Waals surface area contributed by atoms with Crippen molar-refractivity contribution in [2.45, 2.75) is 6.42 Å². The maximum Gasteiger partial charge on any atom is 0.326 e. The van der Waals surface area contributed by atoms with Crippen molar-refractivity contribution in [2.24, 2.45) is 0 Å². The minimum absolute atomic E-state index is 0. The van der Waals surface area contributed by atoms with Gasteiger partial charge in [-0.1, -0.05) is 0 Å². The van der Waals surface area contributed by atoms with Crippen LogP contribution in [-0.2, 0) is 9.36 Å². The van der Waals surface area contributed by atoms with Gasteiger partial charge in [-0.05, 0) is 0 Å². The zero-order valence-corrected chi connectivity index (χ0v) is 6.12. The van der Waals surface area contributed by atoms with Crippen LogP contribution in [0.25, 0.3) is 0 Å². The highest BCUT2D eigenvalue weighted by Gasteiger charge is 2.13. The molecule has 0 unspecified atom stereocenters. The van der Waals surface area contributed by atoms with E-state index in [0.29, 0.717) is 0 Å². The van der Waals surface area contributed by atoms with Crippen LogP contribution >= 0.6 is 7.60 Å². The molecule has 0 aromatic rings. The fourth-order valence-electron chi connectivity index (χ4n) is 0.241. The Morgan fingerprint density at radius 3 is 1.90 bits per heavy atom. The molecular formula is C3H10NO5P. The summed E-state index contributed by atoms with van der Waals surface area (Å²) in [5.74, 6) is -1.20. The second kappa shape index (κ2) is 4.40. The SMILES string of the molecule is N.O=C(O)CCP(=O)(O)O. The van der Waals surface area contributed by atoms with Crippen LogP contribution < -0.4 is 6.15 Å². The summed E-state index contributed by atoms with van der Waals surface area (Å²) >= 11 is 0. The van der Waals surface area contributed by atoms with Crippen LogP contribution in [0.3, 0.4) is 0 Å². The zero-order valence-electron chi connectivity index (χ0n) is 5.23. The molecule has 0 fully saturated rings. The summed E-state index contributed by atoms with van der Waals surface area (Å²) in [5, 5.41) is 7.93. The van der Waals surface area contributed by atoms with Gasteiger partial charge in [-0.2, -0.15) is 0 Å². The first-order valence-corrected chi connectivity index (χ1v) is 3.98. The van der Waals surface area contributed by atoms with E-state index in [1.54, 1.807) is 0 Å². The summed E-state index contributed by atoms with van der Waals surface area (Å²) in [7, 11) is -4.10. The molecule has 0 amide bonds. The van der Waals surface area contributed by atoms with Crippen molar-refractivity contribution in [1.29, 1.82) is 0 Å². The normalized spacial score (nSPS) is 10.2. The summed E-state index contributed by atoms with van der Waals surface area (Å²) < 4.78 is 9.97. The number of hydrogen-bond donors (Lipinski definition) is 4. The topological polar surface area (TPSA) is 130 Å². The average Bonchev–Trinajstić information content (AvgIpc) is 1.59. The summed E-state index contributed by atoms with van der Waals surface area (Å²) in [4.78, 5) is 25.9. The van der Waals surface area contributed by atoms with E-state index in [2.05, 4.69) is 0 Å². The molecule has 0 spiro atoms. The molecule has 10 heavy (non-hydrogen) atoms. The Kier molecular flexibility index (Phi) is 5.41. The Hall–Kier alpha value is -0.420. The number of aliphatic carboxylic acids is 1. The van der Waals surface area contributed by atoms with E-state index in [4.69, 9.17) is 14.9 Å². The van der Waals surface area contributed by atoms with Crippen molar-refractivity contribution in [3.8, 4) is 0 Å². The van der Waals surface area contributed by atoms with Crippen molar-refractivity contribution < 1.29 is 24.3 Å². The molecule has 0 aromatic heterocycles. The second-order valence-corrected chi connectivity index (χ2v) is 3.31. The van der Waals surface area contributed by atoms with Gasteiger partial charge >= 0.3 is 13.6 Å². The number of carbonyl (C=O) groups is 1. The predicted octanol–water partition coefficient (Wildman–Crippen LogP) is -0.199. The fraction of sp³-hybridized carbons (Fsp3) is 0.667.